The molecule has 7 heteroatoms. The normalized spacial score (nSPS) is 11.2. The van der Waals surface area contributed by atoms with Crippen LogP contribution in [0.5, 0.6) is 0 Å². The van der Waals surface area contributed by atoms with Crippen molar-refractivity contribution < 1.29 is 4.42 Å². The highest BCUT2D eigenvalue weighted by atomic mass is 35.5. The molecule has 6 nitrogen and oxygen atoms in total. The summed E-state index contributed by atoms with van der Waals surface area (Å²) in [5, 5.41) is 14.1. The fourth-order valence-electron chi connectivity index (χ4n) is 2.87. The maximum absolute atomic E-state index is 11.9. The average molecular weight is 367 g/mol. The van der Waals surface area contributed by atoms with Gasteiger partial charge in [0.25, 0.3) is 0 Å². The molecule has 0 aliphatic carbocycles. The Morgan fingerprint density at radius 3 is 2.73 bits per heavy atom. The second kappa shape index (κ2) is 6.38. The summed E-state index contributed by atoms with van der Waals surface area (Å²) in [4.78, 5) is 13.4. The van der Waals surface area contributed by atoms with E-state index in [4.69, 9.17) is 16.0 Å². The minimum absolute atomic E-state index is 0.292. The molecular weight excluding hydrogens is 352 g/mol. The lowest BCUT2D eigenvalue weighted by Gasteiger charge is -2.06. The molecule has 0 atom stereocenters. The molecular formula is C19H15ClN4O2. The van der Waals surface area contributed by atoms with E-state index >= 15 is 0 Å². The van der Waals surface area contributed by atoms with Gasteiger partial charge in [0.1, 0.15) is 5.58 Å². The second-order valence-electron chi connectivity index (χ2n) is 6.15. The first kappa shape index (κ1) is 16.5. The van der Waals surface area contributed by atoms with Crippen molar-refractivity contribution in [2.75, 3.05) is 0 Å². The van der Waals surface area contributed by atoms with Crippen LogP contribution in [0.3, 0.4) is 0 Å². The third-order valence-electron chi connectivity index (χ3n) is 4.26. The van der Waals surface area contributed by atoms with E-state index in [-0.39, 0.29) is 0 Å². The van der Waals surface area contributed by atoms with E-state index in [9.17, 15) is 4.79 Å². The van der Waals surface area contributed by atoms with Crippen LogP contribution in [0.2, 0.25) is 5.02 Å². The first-order chi connectivity index (χ1) is 12.5. The van der Waals surface area contributed by atoms with Crippen LogP contribution in [0.4, 0.5) is 0 Å². The number of rotatable bonds is 3. The summed E-state index contributed by atoms with van der Waals surface area (Å²) in [7, 11) is 0. The average Bonchev–Trinajstić information content (AvgIpc) is 3.05. The van der Waals surface area contributed by atoms with Crippen LogP contribution in [0.15, 0.2) is 51.7 Å². The van der Waals surface area contributed by atoms with Crippen molar-refractivity contribution in [3.8, 4) is 11.4 Å². The van der Waals surface area contributed by atoms with Crippen LogP contribution in [0.1, 0.15) is 16.7 Å². The summed E-state index contributed by atoms with van der Waals surface area (Å²) in [6.45, 7) is 4.15. The molecule has 0 aliphatic heterocycles. The van der Waals surface area contributed by atoms with E-state index in [1.807, 2.05) is 38.1 Å². The lowest BCUT2D eigenvalue weighted by atomic mass is 10.1. The molecule has 0 radical (unpaired) electrons. The first-order valence-corrected chi connectivity index (χ1v) is 8.46. The third kappa shape index (κ3) is 2.99. The summed E-state index contributed by atoms with van der Waals surface area (Å²) >= 11 is 6.23. The smallest absolute Gasteiger partial charge is 0.336 e. The molecule has 0 fully saturated rings. The molecule has 2 aromatic carbocycles. The maximum atomic E-state index is 11.9. The van der Waals surface area contributed by atoms with Gasteiger partial charge in [0.05, 0.1) is 6.54 Å². The van der Waals surface area contributed by atoms with E-state index in [0.717, 1.165) is 27.6 Å². The topological polar surface area (TPSA) is 73.8 Å². The first-order valence-electron chi connectivity index (χ1n) is 8.08. The van der Waals surface area contributed by atoms with Gasteiger partial charge in [-0.1, -0.05) is 35.9 Å². The molecule has 0 spiro atoms. The molecule has 0 aliphatic rings. The number of fused-ring (bicyclic) bond motifs is 1. The van der Waals surface area contributed by atoms with Crippen LogP contribution < -0.4 is 5.63 Å². The molecule has 26 heavy (non-hydrogen) atoms. The van der Waals surface area contributed by atoms with Gasteiger partial charge in [0.2, 0.25) is 5.82 Å². The van der Waals surface area contributed by atoms with Gasteiger partial charge in [-0.25, -0.2) is 4.79 Å². The van der Waals surface area contributed by atoms with Crippen molar-refractivity contribution in [1.29, 1.82) is 0 Å². The number of halogens is 1. The summed E-state index contributed by atoms with van der Waals surface area (Å²) in [5.74, 6) is 0.546. The predicted octanol–water partition coefficient (Wildman–Crippen LogP) is 3.77. The molecule has 0 amide bonds. The van der Waals surface area contributed by atoms with Gasteiger partial charge in [-0.15, -0.1) is 10.2 Å². The Labute approximate surface area is 154 Å². The summed E-state index contributed by atoms with van der Waals surface area (Å²) in [6, 6.07) is 12.8. The van der Waals surface area contributed by atoms with E-state index in [0.29, 0.717) is 23.0 Å². The highest BCUT2D eigenvalue weighted by Crippen LogP contribution is 2.25. The van der Waals surface area contributed by atoms with Gasteiger partial charge < -0.3 is 4.42 Å². The molecule has 0 saturated carbocycles. The molecule has 4 aromatic rings. The maximum Gasteiger partial charge on any atom is 0.336 e. The molecule has 0 saturated heterocycles. The van der Waals surface area contributed by atoms with E-state index in [1.54, 1.807) is 12.1 Å². The number of tetrazole rings is 1. The zero-order chi connectivity index (χ0) is 18.3. The Bertz CT molecular complexity index is 1180. The van der Waals surface area contributed by atoms with Gasteiger partial charge in [0, 0.05) is 22.0 Å². The van der Waals surface area contributed by atoms with E-state index in [1.165, 1.54) is 10.9 Å². The van der Waals surface area contributed by atoms with Gasteiger partial charge in [-0.3, -0.25) is 0 Å². The van der Waals surface area contributed by atoms with Crippen molar-refractivity contribution in [3.63, 3.8) is 0 Å². The van der Waals surface area contributed by atoms with Gasteiger partial charge >= 0.3 is 5.63 Å². The van der Waals surface area contributed by atoms with Crippen molar-refractivity contribution >= 4 is 22.6 Å². The van der Waals surface area contributed by atoms with E-state index < -0.39 is 5.63 Å². The van der Waals surface area contributed by atoms with Crippen molar-refractivity contribution in [2.45, 2.75) is 20.4 Å². The number of aromatic nitrogens is 4. The highest BCUT2D eigenvalue weighted by molar-refractivity contribution is 6.32. The molecule has 2 aromatic heterocycles. The summed E-state index contributed by atoms with van der Waals surface area (Å²) < 4.78 is 5.29. The van der Waals surface area contributed by atoms with Crippen LogP contribution in [0.25, 0.3) is 22.4 Å². The number of nitrogens with zero attached hydrogens (tertiary/aromatic N) is 4. The van der Waals surface area contributed by atoms with Crippen LogP contribution >= 0.6 is 11.6 Å². The van der Waals surface area contributed by atoms with Crippen molar-refractivity contribution in [1.82, 2.24) is 20.2 Å². The Morgan fingerprint density at radius 2 is 1.92 bits per heavy atom. The third-order valence-corrected chi connectivity index (χ3v) is 4.67. The van der Waals surface area contributed by atoms with E-state index in [2.05, 4.69) is 15.4 Å². The monoisotopic (exact) mass is 366 g/mol. The number of aryl methyl sites for hydroxylation is 2. The SMILES string of the molecule is Cc1cc2oc(=O)cc(Cn3nnc(-c4ccccc4C)n3)c2cc1Cl. The number of hydrogen-bond donors (Lipinski definition) is 0. The standard InChI is InChI=1S/C19H15ClN4O2/c1-11-5-3-4-6-14(11)19-21-23-24(22-19)10-13-8-18(25)26-17-7-12(2)16(20)9-15(13)17/h3-9H,10H2,1-2H3. The van der Waals surface area contributed by atoms with Gasteiger partial charge in [-0.05, 0) is 47.9 Å². The molecule has 2 heterocycles. The lowest BCUT2D eigenvalue weighted by Crippen LogP contribution is -2.08. The van der Waals surface area contributed by atoms with Crippen molar-refractivity contribution in [3.05, 3.63) is 74.6 Å². The molecule has 0 unspecified atom stereocenters. The Balaban J connectivity index is 1.76. The quantitative estimate of drug-likeness (QED) is 0.516. The second-order valence-corrected chi connectivity index (χ2v) is 6.55. The van der Waals surface area contributed by atoms with Gasteiger partial charge in [-0.2, -0.15) is 4.80 Å². The fourth-order valence-corrected chi connectivity index (χ4v) is 3.04. The Kier molecular flexibility index (Phi) is 4.05. The van der Waals surface area contributed by atoms with Crippen LogP contribution in [-0.4, -0.2) is 20.2 Å². The predicted molar refractivity (Wildman–Crippen MR) is 99.3 cm³/mol. The largest absolute Gasteiger partial charge is 0.423 e. The Morgan fingerprint density at radius 1 is 1.12 bits per heavy atom. The zero-order valence-electron chi connectivity index (χ0n) is 14.2. The van der Waals surface area contributed by atoms with Crippen LogP contribution in [-0.2, 0) is 6.54 Å². The zero-order valence-corrected chi connectivity index (χ0v) is 15.0. The minimum atomic E-state index is -0.423. The lowest BCUT2D eigenvalue weighted by molar-refractivity contribution is 0.545. The fraction of sp³-hybridized carbons (Fsp3) is 0.158. The molecule has 0 bridgehead atoms. The van der Waals surface area contributed by atoms with Gasteiger partial charge in [0.15, 0.2) is 0 Å². The minimum Gasteiger partial charge on any atom is -0.423 e. The Hall–Kier alpha value is -2.99. The molecule has 4 rings (SSSR count). The van der Waals surface area contributed by atoms with Crippen LogP contribution in [0, 0.1) is 13.8 Å². The molecule has 0 N–H and O–H groups in total. The summed E-state index contributed by atoms with van der Waals surface area (Å²) in [6.07, 6.45) is 0. The highest BCUT2D eigenvalue weighted by Gasteiger charge is 2.12. The molecule has 130 valence electrons. The number of benzene rings is 2. The number of hydrogen-bond acceptors (Lipinski definition) is 5. The van der Waals surface area contributed by atoms with Crippen molar-refractivity contribution in [2.24, 2.45) is 0 Å². The summed E-state index contributed by atoms with van der Waals surface area (Å²) in [5.41, 5.74) is 3.64.